The number of benzene rings is 1. The predicted octanol–water partition coefficient (Wildman–Crippen LogP) is 3.13. The van der Waals surface area contributed by atoms with Gasteiger partial charge in [0.1, 0.15) is 5.82 Å². The summed E-state index contributed by atoms with van der Waals surface area (Å²) in [6.07, 6.45) is 2.20. The fourth-order valence-corrected chi connectivity index (χ4v) is 2.00. The standard InChI is InChI=1S/C14H13ClN2O/c1-3-6-10-9(2)16-13(17-14(10)18)11-7-4-5-8-12(11)15/h3-5,7-8H,1,6H2,2H3,(H,16,17,18). The molecule has 1 heterocycles. The second kappa shape index (κ2) is 5.19. The number of aryl methyl sites for hydroxylation is 1. The van der Waals surface area contributed by atoms with Crippen LogP contribution in [0, 0.1) is 6.92 Å². The van der Waals surface area contributed by atoms with E-state index in [0.29, 0.717) is 28.5 Å². The third-order valence-corrected chi connectivity index (χ3v) is 3.03. The Bertz CT molecular complexity index is 646. The van der Waals surface area contributed by atoms with Gasteiger partial charge in [0.2, 0.25) is 0 Å². The topological polar surface area (TPSA) is 45.8 Å². The Hall–Kier alpha value is -1.87. The van der Waals surface area contributed by atoms with Crippen LogP contribution in [0.25, 0.3) is 11.4 Å². The summed E-state index contributed by atoms with van der Waals surface area (Å²) in [5.41, 5.74) is 1.93. The van der Waals surface area contributed by atoms with Gasteiger partial charge in [-0.25, -0.2) is 4.98 Å². The molecule has 0 bridgehead atoms. The van der Waals surface area contributed by atoms with E-state index < -0.39 is 0 Å². The molecule has 0 spiro atoms. The zero-order chi connectivity index (χ0) is 13.1. The van der Waals surface area contributed by atoms with Crippen LogP contribution in [0.2, 0.25) is 5.02 Å². The number of nitrogens with zero attached hydrogens (tertiary/aromatic N) is 1. The second-order valence-corrected chi connectivity index (χ2v) is 4.36. The minimum atomic E-state index is -0.141. The molecule has 0 aliphatic heterocycles. The first-order valence-electron chi connectivity index (χ1n) is 5.59. The summed E-state index contributed by atoms with van der Waals surface area (Å²) in [5, 5.41) is 0.566. The van der Waals surface area contributed by atoms with Gasteiger partial charge in [-0.2, -0.15) is 0 Å². The molecule has 0 aliphatic rings. The van der Waals surface area contributed by atoms with E-state index in [-0.39, 0.29) is 5.56 Å². The van der Waals surface area contributed by atoms with E-state index in [2.05, 4.69) is 16.5 Å². The van der Waals surface area contributed by atoms with Gasteiger partial charge in [0.05, 0.1) is 5.02 Å². The first-order chi connectivity index (χ1) is 8.63. The molecular formula is C14H13ClN2O. The molecule has 0 atom stereocenters. The van der Waals surface area contributed by atoms with E-state index in [4.69, 9.17) is 11.6 Å². The number of halogens is 1. The van der Waals surface area contributed by atoms with Gasteiger partial charge in [-0.05, 0) is 25.5 Å². The Morgan fingerprint density at radius 1 is 1.44 bits per heavy atom. The van der Waals surface area contributed by atoms with Gasteiger partial charge in [0.25, 0.3) is 5.56 Å². The smallest absolute Gasteiger partial charge is 0.254 e. The lowest BCUT2D eigenvalue weighted by Gasteiger charge is -2.07. The molecule has 0 radical (unpaired) electrons. The van der Waals surface area contributed by atoms with Gasteiger partial charge < -0.3 is 4.98 Å². The Morgan fingerprint density at radius 3 is 2.78 bits per heavy atom. The lowest BCUT2D eigenvalue weighted by Crippen LogP contribution is -2.17. The Kier molecular flexibility index (Phi) is 3.63. The number of aromatic nitrogens is 2. The van der Waals surface area contributed by atoms with Crippen LogP contribution in [0.1, 0.15) is 11.3 Å². The van der Waals surface area contributed by atoms with Crippen LogP contribution in [0.3, 0.4) is 0 Å². The molecule has 4 heteroatoms. The molecule has 3 nitrogen and oxygen atoms in total. The number of H-pyrrole nitrogens is 1. The van der Waals surface area contributed by atoms with Crippen molar-refractivity contribution in [2.24, 2.45) is 0 Å². The van der Waals surface area contributed by atoms with Crippen molar-refractivity contribution in [3.63, 3.8) is 0 Å². The fraction of sp³-hybridized carbons (Fsp3) is 0.143. The Balaban J connectivity index is 2.59. The SMILES string of the molecule is C=CCc1c(C)nc(-c2ccccc2Cl)[nH]c1=O. The van der Waals surface area contributed by atoms with Gasteiger partial charge in [-0.3, -0.25) is 4.79 Å². The number of allylic oxidation sites excluding steroid dienone is 1. The minimum absolute atomic E-state index is 0.141. The molecule has 2 rings (SSSR count). The predicted molar refractivity (Wildman–Crippen MR) is 73.9 cm³/mol. The third-order valence-electron chi connectivity index (χ3n) is 2.70. The van der Waals surface area contributed by atoms with Gasteiger partial charge in [0, 0.05) is 16.8 Å². The van der Waals surface area contributed by atoms with Crippen molar-refractivity contribution in [1.82, 2.24) is 9.97 Å². The molecule has 18 heavy (non-hydrogen) atoms. The molecule has 0 saturated carbocycles. The van der Waals surface area contributed by atoms with Crippen LogP contribution in [0.4, 0.5) is 0 Å². The Labute approximate surface area is 110 Å². The summed E-state index contributed by atoms with van der Waals surface area (Å²) in [5.74, 6) is 0.496. The lowest BCUT2D eigenvalue weighted by atomic mass is 10.1. The van der Waals surface area contributed by atoms with Crippen LogP contribution in [-0.2, 0) is 6.42 Å². The quantitative estimate of drug-likeness (QED) is 0.862. The van der Waals surface area contributed by atoms with Crippen LogP contribution in [0.5, 0.6) is 0 Å². The largest absolute Gasteiger partial charge is 0.306 e. The number of nitrogens with one attached hydrogen (secondary N) is 1. The van der Waals surface area contributed by atoms with Gasteiger partial charge in [0.15, 0.2) is 0 Å². The number of hydrogen-bond acceptors (Lipinski definition) is 2. The maximum absolute atomic E-state index is 11.9. The summed E-state index contributed by atoms with van der Waals surface area (Å²) in [6, 6.07) is 7.29. The highest BCUT2D eigenvalue weighted by molar-refractivity contribution is 6.33. The van der Waals surface area contributed by atoms with E-state index in [1.807, 2.05) is 25.1 Å². The number of rotatable bonds is 3. The Morgan fingerprint density at radius 2 is 2.17 bits per heavy atom. The van der Waals surface area contributed by atoms with Crippen molar-refractivity contribution < 1.29 is 0 Å². The first-order valence-corrected chi connectivity index (χ1v) is 5.97. The molecule has 0 saturated heterocycles. The molecule has 1 aromatic carbocycles. The summed E-state index contributed by atoms with van der Waals surface area (Å²) in [4.78, 5) is 19.1. The summed E-state index contributed by atoms with van der Waals surface area (Å²) in [6.45, 7) is 5.45. The lowest BCUT2D eigenvalue weighted by molar-refractivity contribution is 1.00. The van der Waals surface area contributed by atoms with Crippen LogP contribution >= 0.6 is 11.6 Å². The highest BCUT2D eigenvalue weighted by atomic mass is 35.5. The van der Waals surface area contributed by atoms with Crippen LogP contribution in [-0.4, -0.2) is 9.97 Å². The van der Waals surface area contributed by atoms with Crippen LogP contribution < -0.4 is 5.56 Å². The highest BCUT2D eigenvalue weighted by Crippen LogP contribution is 2.24. The first kappa shape index (κ1) is 12.6. The van der Waals surface area contributed by atoms with Crippen molar-refractivity contribution >= 4 is 11.6 Å². The van der Waals surface area contributed by atoms with E-state index in [1.54, 1.807) is 12.1 Å². The highest BCUT2D eigenvalue weighted by Gasteiger charge is 2.10. The van der Waals surface area contributed by atoms with E-state index in [9.17, 15) is 4.79 Å². The molecule has 0 amide bonds. The molecule has 1 aromatic heterocycles. The van der Waals surface area contributed by atoms with Crippen molar-refractivity contribution in [3.05, 3.63) is 63.6 Å². The van der Waals surface area contributed by atoms with Crippen molar-refractivity contribution in [2.45, 2.75) is 13.3 Å². The molecular weight excluding hydrogens is 248 g/mol. The fourth-order valence-electron chi connectivity index (χ4n) is 1.78. The van der Waals surface area contributed by atoms with E-state index >= 15 is 0 Å². The average molecular weight is 261 g/mol. The summed E-state index contributed by atoms with van der Waals surface area (Å²) >= 11 is 6.09. The summed E-state index contributed by atoms with van der Waals surface area (Å²) in [7, 11) is 0. The van der Waals surface area contributed by atoms with E-state index in [0.717, 1.165) is 5.56 Å². The van der Waals surface area contributed by atoms with E-state index in [1.165, 1.54) is 0 Å². The van der Waals surface area contributed by atoms with Crippen LogP contribution in [0.15, 0.2) is 41.7 Å². The molecule has 0 fully saturated rings. The summed E-state index contributed by atoms with van der Waals surface area (Å²) < 4.78 is 0. The number of hydrogen-bond donors (Lipinski definition) is 1. The minimum Gasteiger partial charge on any atom is -0.306 e. The van der Waals surface area contributed by atoms with Crippen molar-refractivity contribution in [1.29, 1.82) is 0 Å². The normalized spacial score (nSPS) is 10.3. The van der Waals surface area contributed by atoms with Crippen molar-refractivity contribution in [2.75, 3.05) is 0 Å². The maximum atomic E-state index is 11.9. The van der Waals surface area contributed by atoms with Crippen molar-refractivity contribution in [3.8, 4) is 11.4 Å². The molecule has 0 aliphatic carbocycles. The zero-order valence-electron chi connectivity index (χ0n) is 10.0. The number of aromatic amines is 1. The van der Waals surface area contributed by atoms with Gasteiger partial charge >= 0.3 is 0 Å². The monoisotopic (exact) mass is 260 g/mol. The second-order valence-electron chi connectivity index (χ2n) is 3.95. The zero-order valence-corrected chi connectivity index (χ0v) is 10.8. The maximum Gasteiger partial charge on any atom is 0.254 e. The average Bonchev–Trinajstić information content (AvgIpc) is 2.34. The van der Waals surface area contributed by atoms with Gasteiger partial charge in [-0.15, -0.1) is 6.58 Å². The molecule has 2 aromatic rings. The molecule has 0 unspecified atom stereocenters. The molecule has 92 valence electrons. The third kappa shape index (κ3) is 2.36. The molecule has 1 N–H and O–H groups in total. The van der Waals surface area contributed by atoms with Gasteiger partial charge in [-0.1, -0.05) is 29.8 Å².